The molecule has 0 aliphatic heterocycles. The van der Waals surface area contributed by atoms with Crippen molar-refractivity contribution in [2.45, 2.75) is 0 Å². The topological polar surface area (TPSA) is 48.5 Å². The van der Waals surface area contributed by atoms with Crippen LogP contribution in [-0.4, -0.2) is 24.1 Å². The molecule has 18 rings (SSSR count). The average Bonchev–Trinajstić information content (AvgIpc) is 1.86. The lowest BCUT2D eigenvalue weighted by Gasteiger charge is -2.21. The Morgan fingerprint density at radius 2 is 0.651 bits per heavy atom. The molecule has 0 amide bonds. The summed E-state index contributed by atoms with van der Waals surface area (Å²) in [6, 6.07) is 95.0. The first-order chi connectivity index (χ1) is 41.1. The first-order valence-corrected chi connectivity index (χ1v) is 30.4. The molecule has 0 aliphatic carbocycles. The van der Waals surface area contributed by atoms with Gasteiger partial charge in [-0.1, -0.05) is 188 Å². The number of aromatic nitrogens is 5. The fourth-order valence-electron chi connectivity index (χ4n) is 13.1. The van der Waals surface area contributed by atoms with Gasteiger partial charge in [0.05, 0.1) is 27.8 Å². The maximum atomic E-state index is 5.51. The first kappa shape index (κ1) is 46.6. The lowest BCUT2D eigenvalue weighted by Crippen LogP contribution is -2.04. The second-order valence-corrected chi connectivity index (χ2v) is 24.6. The number of hydrogen-bond acceptors (Lipinski definition) is 6. The van der Waals surface area contributed by atoms with Gasteiger partial charge in [0.2, 0.25) is 0 Å². The minimum Gasteiger partial charge on any atom is -0.309 e. The summed E-state index contributed by atoms with van der Waals surface area (Å²) in [4.78, 5) is 16.4. The van der Waals surface area contributed by atoms with E-state index in [1.165, 1.54) is 93.1 Å². The molecule has 0 saturated heterocycles. The maximum absolute atomic E-state index is 5.51. The van der Waals surface area contributed by atoms with Crippen LogP contribution in [0.25, 0.3) is 172 Å². The molecule has 83 heavy (non-hydrogen) atoms. The Balaban J connectivity index is 0.903. The van der Waals surface area contributed by atoms with Gasteiger partial charge in [-0.25, -0.2) is 15.0 Å². The lowest BCUT2D eigenvalue weighted by molar-refractivity contribution is 1.07. The summed E-state index contributed by atoms with van der Waals surface area (Å²) in [6.07, 6.45) is 0. The fraction of sp³-hybridized carbons (Fsp3) is 0. The van der Waals surface area contributed by atoms with Crippen molar-refractivity contribution in [3.05, 3.63) is 261 Å². The van der Waals surface area contributed by atoms with E-state index < -0.39 is 0 Å². The monoisotopic (exact) mass is 1110 g/mol. The molecule has 18 aromatic rings. The second-order valence-electron chi connectivity index (χ2n) is 21.4. The van der Waals surface area contributed by atoms with Gasteiger partial charge in [-0.15, -0.1) is 34.0 Å². The normalized spacial score (nSPS) is 12.1. The number of rotatable bonds is 7. The van der Waals surface area contributed by atoms with E-state index in [2.05, 4.69) is 270 Å². The van der Waals surface area contributed by atoms with Crippen molar-refractivity contribution in [3.63, 3.8) is 0 Å². The summed E-state index contributed by atoms with van der Waals surface area (Å²) in [7, 11) is 0. The third kappa shape index (κ3) is 7.14. The minimum absolute atomic E-state index is 0.605. The Morgan fingerprint density at radius 3 is 1.17 bits per heavy atom. The van der Waals surface area contributed by atoms with Gasteiger partial charge in [0.25, 0.3) is 0 Å². The van der Waals surface area contributed by atoms with Crippen LogP contribution in [0, 0.1) is 0 Å². The zero-order valence-electron chi connectivity index (χ0n) is 44.3. The Hall–Kier alpha value is -10.1. The van der Waals surface area contributed by atoms with Gasteiger partial charge in [-0.3, -0.25) is 0 Å². The van der Waals surface area contributed by atoms with E-state index in [1.807, 2.05) is 11.3 Å². The highest BCUT2D eigenvalue weighted by Crippen LogP contribution is 2.50. The Morgan fingerprint density at radius 1 is 0.253 bits per heavy atom. The van der Waals surface area contributed by atoms with Crippen LogP contribution >= 0.6 is 34.0 Å². The summed E-state index contributed by atoms with van der Waals surface area (Å²) in [5, 5.41) is 12.5. The summed E-state index contributed by atoms with van der Waals surface area (Å²) in [6.45, 7) is 0. The summed E-state index contributed by atoms with van der Waals surface area (Å²) in [5.74, 6) is 1.86. The predicted molar refractivity (Wildman–Crippen MR) is 354 cm³/mol. The predicted octanol–water partition coefficient (Wildman–Crippen LogP) is 21.5. The van der Waals surface area contributed by atoms with Crippen LogP contribution in [0.2, 0.25) is 0 Å². The molecule has 0 atom stereocenters. The molecule has 0 fully saturated rings. The number of para-hydroxylation sites is 3. The van der Waals surface area contributed by atoms with Gasteiger partial charge in [0.1, 0.15) is 0 Å². The number of hydrogen-bond donors (Lipinski definition) is 0. The molecule has 0 aliphatic rings. The van der Waals surface area contributed by atoms with Crippen LogP contribution in [0.4, 0.5) is 0 Å². The Kier molecular flexibility index (Phi) is 10.2. The Bertz CT molecular complexity index is 5500. The molecule has 8 heteroatoms. The molecule has 0 bridgehead atoms. The Labute approximate surface area is 487 Å². The van der Waals surface area contributed by atoms with Crippen molar-refractivity contribution < 1.29 is 0 Å². The van der Waals surface area contributed by atoms with E-state index in [4.69, 9.17) is 15.0 Å². The van der Waals surface area contributed by atoms with Crippen molar-refractivity contribution in [2.24, 2.45) is 0 Å². The molecule has 5 nitrogen and oxygen atoms in total. The van der Waals surface area contributed by atoms with Gasteiger partial charge >= 0.3 is 0 Å². The third-order valence-electron chi connectivity index (χ3n) is 16.8. The van der Waals surface area contributed by atoms with Crippen LogP contribution in [0.3, 0.4) is 0 Å². The molecule has 12 aromatic carbocycles. The van der Waals surface area contributed by atoms with E-state index >= 15 is 0 Å². The molecule has 0 spiro atoms. The average molecular weight is 1110 g/mol. The number of fused-ring (bicyclic) bond motifs is 17. The highest BCUT2D eigenvalue weighted by Gasteiger charge is 2.26. The summed E-state index contributed by atoms with van der Waals surface area (Å²) >= 11 is 5.53. The van der Waals surface area contributed by atoms with Crippen LogP contribution in [-0.2, 0) is 0 Å². The van der Waals surface area contributed by atoms with Crippen molar-refractivity contribution in [2.75, 3.05) is 0 Å². The molecule has 6 heterocycles. The molecule has 0 N–H and O–H groups in total. The largest absolute Gasteiger partial charge is 0.309 e. The van der Waals surface area contributed by atoms with Crippen molar-refractivity contribution in [1.29, 1.82) is 0 Å². The van der Waals surface area contributed by atoms with Gasteiger partial charge in [0.15, 0.2) is 17.5 Å². The molecule has 0 saturated carbocycles. The highest BCUT2D eigenvalue weighted by molar-refractivity contribution is 7.28. The number of thiophene rings is 3. The van der Waals surface area contributed by atoms with Crippen molar-refractivity contribution in [3.8, 4) is 67.8 Å². The molecule has 6 aromatic heterocycles. The second kappa shape index (κ2) is 18.2. The van der Waals surface area contributed by atoms with Crippen molar-refractivity contribution >= 4 is 138 Å². The quantitative estimate of drug-likeness (QED) is 0.160. The van der Waals surface area contributed by atoms with Gasteiger partial charge < -0.3 is 9.13 Å². The maximum Gasteiger partial charge on any atom is 0.164 e. The molecule has 0 unspecified atom stereocenters. The van der Waals surface area contributed by atoms with Crippen LogP contribution in [0.1, 0.15) is 0 Å². The summed E-state index contributed by atoms with van der Waals surface area (Å²) < 4.78 is 12.5. The van der Waals surface area contributed by atoms with E-state index in [9.17, 15) is 0 Å². The number of benzene rings is 12. The molecular weight excluding hydrogens is 1070 g/mol. The molecule has 386 valence electrons. The third-order valence-corrected chi connectivity index (χ3v) is 20.3. The summed E-state index contributed by atoms with van der Waals surface area (Å²) in [5.41, 5.74) is 14.1. The zero-order valence-corrected chi connectivity index (χ0v) is 46.7. The van der Waals surface area contributed by atoms with Gasteiger partial charge in [-0.05, 0) is 83.9 Å². The van der Waals surface area contributed by atoms with E-state index in [0.29, 0.717) is 17.5 Å². The van der Waals surface area contributed by atoms with Crippen molar-refractivity contribution in [1.82, 2.24) is 24.1 Å². The van der Waals surface area contributed by atoms with E-state index in [0.717, 1.165) is 61.4 Å². The van der Waals surface area contributed by atoms with Crippen LogP contribution < -0.4 is 0 Å². The smallest absolute Gasteiger partial charge is 0.164 e. The SMILES string of the molecule is c1ccc(-c2cc(-c3nc(-c4ccc5c(c4)sc4ccccc45)nc(-c4ccc5c(c4)sc4ccccc45)n3)cc(-c3ccccc3)c2-n2c3ccccc3c3c4sc5c(ccc6c5c5ccccc5n6-c5ccccc5)c4ccc32)cc1. The lowest BCUT2D eigenvalue weighted by atomic mass is 9.92. The minimum atomic E-state index is 0.605. The van der Waals surface area contributed by atoms with E-state index in [-0.39, 0.29) is 0 Å². The molecular formula is C75H43N5S3. The zero-order chi connectivity index (χ0) is 54.3. The van der Waals surface area contributed by atoms with Gasteiger partial charge in [-0.2, -0.15) is 0 Å². The highest BCUT2D eigenvalue weighted by atomic mass is 32.1. The molecule has 0 radical (unpaired) electrons. The first-order valence-electron chi connectivity index (χ1n) is 27.9. The van der Waals surface area contributed by atoms with Gasteiger partial charge in [0, 0.05) is 116 Å². The standard InChI is InChI=1S/C75H43N5S3/c1-4-18-44(19-5-1)58-40-48(75-77-73(46-32-34-52-50-24-12-16-30-64(50)81-66(52)42-46)76-74(78-75)47-33-35-53-51-25-13-17-31-65(51)82-67(53)43-47)41-59(45-20-6-2-7-21-45)70(58)80-61-29-15-11-27-57(61)69-63(80)39-37-55-54-36-38-62-68(71(54)83-72(55)69)56-26-10-14-28-60(56)79(62)49-22-8-3-9-23-49/h1-43H. The number of nitrogens with zero attached hydrogens (tertiary/aromatic N) is 5. The van der Waals surface area contributed by atoms with Crippen LogP contribution in [0.5, 0.6) is 0 Å². The van der Waals surface area contributed by atoms with Crippen LogP contribution in [0.15, 0.2) is 261 Å². The fourth-order valence-corrected chi connectivity index (χ4v) is 16.8. The van der Waals surface area contributed by atoms with E-state index in [1.54, 1.807) is 22.7 Å².